The van der Waals surface area contributed by atoms with Gasteiger partial charge in [-0.25, -0.2) is 0 Å². The summed E-state index contributed by atoms with van der Waals surface area (Å²) in [6, 6.07) is 2.06. The smallest absolute Gasteiger partial charge is 0.215 e. The van der Waals surface area contributed by atoms with Crippen LogP contribution in [0.2, 0.25) is 0 Å². The lowest BCUT2D eigenvalue weighted by atomic mass is 10.1. The van der Waals surface area contributed by atoms with Crippen LogP contribution in [0.3, 0.4) is 0 Å². The van der Waals surface area contributed by atoms with E-state index in [1.807, 2.05) is 0 Å². The highest BCUT2D eigenvalue weighted by Crippen LogP contribution is 2.16. The summed E-state index contributed by atoms with van der Waals surface area (Å²) < 4.78 is 30.4. The first-order valence-electron chi connectivity index (χ1n) is 5.34. The van der Waals surface area contributed by atoms with Crippen LogP contribution >= 0.6 is 0 Å². The molecule has 0 aliphatic rings. The highest BCUT2D eigenvalue weighted by atomic mass is 19.1. The number of aliphatic hydroxyl groups is 1. The lowest BCUT2D eigenvalue weighted by Gasteiger charge is -2.11. The molecule has 0 aromatic carbocycles. The zero-order chi connectivity index (χ0) is 12.7. The Morgan fingerprint density at radius 3 is 2.59 bits per heavy atom. The van der Waals surface area contributed by atoms with Crippen molar-refractivity contribution in [2.45, 2.75) is 12.5 Å². The van der Waals surface area contributed by atoms with Gasteiger partial charge in [-0.2, -0.15) is 13.8 Å². The van der Waals surface area contributed by atoms with E-state index in [-0.39, 0.29) is 5.56 Å². The molecule has 96 valence electrons. The molecule has 6 heteroatoms. The fraction of sp³-hybridized carbons (Fsp3) is 0.545. The predicted octanol–water partition coefficient (Wildman–Crippen LogP) is 1.02. The molecule has 0 bridgehead atoms. The number of rotatable bonds is 7. The topological polar surface area (TPSA) is 54.4 Å². The molecule has 0 fully saturated rings. The van der Waals surface area contributed by atoms with Crippen molar-refractivity contribution in [2.75, 3.05) is 26.8 Å². The van der Waals surface area contributed by atoms with Gasteiger partial charge in [-0.1, -0.05) is 0 Å². The van der Waals surface area contributed by atoms with Crippen LogP contribution in [0.1, 0.15) is 18.1 Å². The van der Waals surface area contributed by atoms with Gasteiger partial charge in [-0.15, -0.1) is 0 Å². The third-order valence-electron chi connectivity index (χ3n) is 2.25. The van der Waals surface area contributed by atoms with Crippen molar-refractivity contribution in [3.63, 3.8) is 0 Å². The molecule has 0 radical (unpaired) electrons. The summed E-state index contributed by atoms with van der Waals surface area (Å²) in [4.78, 5) is 2.96. The minimum atomic E-state index is -0.925. The number of ether oxygens (including phenoxy) is 1. The van der Waals surface area contributed by atoms with Crippen LogP contribution in [0.4, 0.5) is 8.78 Å². The molecule has 0 unspecified atom stereocenters. The Morgan fingerprint density at radius 1 is 1.35 bits per heavy atom. The zero-order valence-electron chi connectivity index (χ0n) is 9.62. The zero-order valence-corrected chi connectivity index (χ0v) is 9.62. The highest BCUT2D eigenvalue weighted by Gasteiger charge is 2.10. The van der Waals surface area contributed by atoms with Crippen molar-refractivity contribution in [1.29, 1.82) is 0 Å². The van der Waals surface area contributed by atoms with Gasteiger partial charge in [0, 0.05) is 13.7 Å². The third kappa shape index (κ3) is 5.16. The molecule has 1 aromatic heterocycles. The maximum Gasteiger partial charge on any atom is 0.215 e. The predicted molar refractivity (Wildman–Crippen MR) is 58.5 cm³/mol. The van der Waals surface area contributed by atoms with Crippen LogP contribution in [-0.4, -0.2) is 36.9 Å². The van der Waals surface area contributed by atoms with Crippen molar-refractivity contribution >= 4 is 0 Å². The molecule has 0 amide bonds. The molecule has 1 rings (SSSR count). The number of hydrogen-bond acceptors (Lipinski definition) is 4. The Balaban J connectivity index is 2.38. The average molecular weight is 246 g/mol. The number of methoxy groups -OCH3 is 1. The average Bonchev–Trinajstić information content (AvgIpc) is 2.27. The largest absolute Gasteiger partial charge is 0.388 e. The Kier molecular flexibility index (Phi) is 5.96. The molecule has 0 aliphatic heterocycles. The SMILES string of the molecule is COCCNCC[C@H](O)c1cc(F)nc(F)c1. The van der Waals surface area contributed by atoms with Crippen molar-refractivity contribution < 1.29 is 18.6 Å². The Hall–Kier alpha value is -1.11. The van der Waals surface area contributed by atoms with Gasteiger partial charge in [-0.3, -0.25) is 0 Å². The van der Waals surface area contributed by atoms with Crippen molar-refractivity contribution in [3.05, 3.63) is 29.6 Å². The van der Waals surface area contributed by atoms with E-state index >= 15 is 0 Å². The van der Waals surface area contributed by atoms with Crippen LogP contribution in [0.15, 0.2) is 12.1 Å². The first-order valence-corrected chi connectivity index (χ1v) is 5.34. The summed E-state index contributed by atoms with van der Waals surface area (Å²) in [5, 5.41) is 12.7. The molecule has 0 aliphatic carbocycles. The van der Waals surface area contributed by atoms with Gasteiger partial charge >= 0.3 is 0 Å². The van der Waals surface area contributed by atoms with Crippen LogP contribution in [-0.2, 0) is 4.74 Å². The number of hydrogen-bond donors (Lipinski definition) is 2. The van der Waals surface area contributed by atoms with Gasteiger partial charge in [0.25, 0.3) is 0 Å². The van der Waals surface area contributed by atoms with E-state index in [1.165, 1.54) is 0 Å². The standard InChI is InChI=1S/C11H16F2N2O2/c1-17-5-4-14-3-2-9(16)8-6-10(12)15-11(13)7-8/h6-7,9,14,16H,2-5H2,1H3/t9-/m0/s1. The number of nitrogens with one attached hydrogen (secondary N) is 1. The molecule has 1 aromatic rings. The van der Waals surface area contributed by atoms with Gasteiger partial charge in [0.05, 0.1) is 12.7 Å². The maximum absolute atomic E-state index is 12.8. The van der Waals surface area contributed by atoms with Gasteiger partial charge in [0.2, 0.25) is 11.9 Å². The molecule has 17 heavy (non-hydrogen) atoms. The van der Waals surface area contributed by atoms with Gasteiger partial charge in [0.15, 0.2) is 0 Å². The van der Waals surface area contributed by atoms with E-state index in [0.717, 1.165) is 12.1 Å². The Labute approximate surface area is 98.6 Å². The molecular formula is C11H16F2N2O2. The molecule has 0 spiro atoms. The van der Waals surface area contributed by atoms with Crippen molar-refractivity contribution in [3.8, 4) is 0 Å². The first-order chi connectivity index (χ1) is 8.13. The molecule has 4 nitrogen and oxygen atoms in total. The summed E-state index contributed by atoms with van der Waals surface area (Å²) in [5.74, 6) is -1.85. The van der Waals surface area contributed by atoms with Gasteiger partial charge in [-0.05, 0) is 30.7 Å². The molecule has 1 heterocycles. The van der Waals surface area contributed by atoms with E-state index in [1.54, 1.807) is 7.11 Å². The van der Waals surface area contributed by atoms with E-state index in [0.29, 0.717) is 26.1 Å². The minimum Gasteiger partial charge on any atom is -0.388 e. The summed E-state index contributed by atoms with van der Waals surface area (Å²) in [7, 11) is 1.60. The normalized spacial score (nSPS) is 12.7. The first kappa shape index (κ1) is 14.0. The molecule has 0 saturated heterocycles. The van der Waals surface area contributed by atoms with Gasteiger partial charge in [0.1, 0.15) is 0 Å². The van der Waals surface area contributed by atoms with Crippen molar-refractivity contribution in [1.82, 2.24) is 10.3 Å². The third-order valence-corrected chi connectivity index (χ3v) is 2.25. The quantitative estimate of drug-likeness (QED) is 0.557. The van der Waals surface area contributed by atoms with E-state index in [2.05, 4.69) is 10.3 Å². The molecule has 2 N–H and O–H groups in total. The monoisotopic (exact) mass is 246 g/mol. The highest BCUT2D eigenvalue weighted by molar-refractivity contribution is 5.14. The Bertz CT molecular complexity index is 330. The number of pyridine rings is 1. The lowest BCUT2D eigenvalue weighted by molar-refractivity contribution is 0.161. The number of aromatic nitrogens is 1. The fourth-order valence-electron chi connectivity index (χ4n) is 1.38. The number of nitrogens with zero attached hydrogens (tertiary/aromatic N) is 1. The summed E-state index contributed by atoms with van der Waals surface area (Å²) >= 11 is 0. The second-order valence-corrected chi connectivity index (χ2v) is 3.59. The lowest BCUT2D eigenvalue weighted by Crippen LogP contribution is -2.21. The Morgan fingerprint density at radius 2 is 2.00 bits per heavy atom. The van der Waals surface area contributed by atoms with E-state index < -0.39 is 18.0 Å². The summed E-state index contributed by atoms with van der Waals surface area (Å²) in [6.45, 7) is 1.78. The second kappa shape index (κ2) is 7.26. The van der Waals surface area contributed by atoms with E-state index in [9.17, 15) is 13.9 Å². The molecular weight excluding hydrogens is 230 g/mol. The fourth-order valence-corrected chi connectivity index (χ4v) is 1.38. The number of halogens is 2. The van der Waals surface area contributed by atoms with Gasteiger partial charge < -0.3 is 15.2 Å². The number of aliphatic hydroxyl groups excluding tert-OH is 1. The maximum atomic E-state index is 12.8. The van der Waals surface area contributed by atoms with Crippen molar-refractivity contribution in [2.24, 2.45) is 0 Å². The summed E-state index contributed by atoms with van der Waals surface area (Å²) in [5.41, 5.74) is 0.198. The molecule has 0 saturated carbocycles. The van der Waals surface area contributed by atoms with Crippen LogP contribution in [0, 0.1) is 11.9 Å². The van der Waals surface area contributed by atoms with Crippen LogP contribution in [0.25, 0.3) is 0 Å². The minimum absolute atomic E-state index is 0.198. The van der Waals surface area contributed by atoms with Crippen LogP contribution in [0.5, 0.6) is 0 Å². The molecule has 1 atom stereocenters. The van der Waals surface area contributed by atoms with Crippen LogP contribution < -0.4 is 5.32 Å². The summed E-state index contributed by atoms with van der Waals surface area (Å²) in [6.07, 6.45) is -0.538. The second-order valence-electron chi connectivity index (χ2n) is 3.59. The van der Waals surface area contributed by atoms with E-state index in [4.69, 9.17) is 4.74 Å².